The van der Waals surface area contributed by atoms with E-state index in [1.807, 2.05) is 32.3 Å². The molecule has 1 heterocycles. The summed E-state index contributed by atoms with van der Waals surface area (Å²) in [5, 5.41) is 3.03. The van der Waals surface area contributed by atoms with Gasteiger partial charge in [0.2, 0.25) is 5.91 Å². The Balaban J connectivity index is 1.76. The van der Waals surface area contributed by atoms with Crippen molar-refractivity contribution in [1.82, 2.24) is 15.1 Å². The van der Waals surface area contributed by atoms with Crippen molar-refractivity contribution in [3.8, 4) is 0 Å². The van der Waals surface area contributed by atoms with Crippen LogP contribution in [0.3, 0.4) is 0 Å². The van der Waals surface area contributed by atoms with Crippen LogP contribution < -0.4 is 5.32 Å². The molecular weight excluding hydrogens is 326 g/mol. The number of benzene rings is 1. The maximum Gasteiger partial charge on any atom is 0.230 e. The lowest BCUT2D eigenvalue weighted by Gasteiger charge is -2.25. The normalized spacial score (nSPS) is 15.7. The molecule has 0 saturated carbocycles. The number of thioether (sulfide) groups is 1. The zero-order valence-electron chi connectivity index (χ0n) is 13.8. The summed E-state index contributed by atoms with van der Waals surface area (Å²) in [5.41, 5.74) is 1.21. The molecule has 2 rings (SSSR count). The third-order valence-corrected chi connectivity index (χ3v) is 5.51. The van der Waals surface area contributed by atoms with Gasteiger partial charge < -0.3 is 15.1 Å². The maximum atomic E-state index is 12.1. The lowest BCUT2D eigenvalue weighted by Crippen LogP contribution is -2.36. The van der Waals surface area contributed by atoms with E-state index in [4.69, 9.17) is 12.2 Å². The topological polar surface area (TPSA) is 35.6 Å². The third-order valence-electron chi connectivity index (χ3n) is 3.99. The molecule has 0 spiro atoms. The van der Waals surface area contributed by atoms with Gasteiger partial charge in [-0.25, -0.2) is 0 Å². The highest BCUT2D eigenvalue weighted by molar-refractivity contribution is 8.23. The van der Waals surface area contributed by atoms with Crippen molar-refractivity contribution in [2.45, 2.75) is 18.9 Å². The monoisotopic (exact) mass is 351 g/mol. The first kappa shape index (κ1) is 18.2. The predicted octanol–water partition coefficient (Wildman–Crippen LogP) is 2.52. The number of amides is 1. The fourth-order valence-electron chi connectivity index (χ4n) is 2.65. The predicted molar refractivity (Wildman–Crippen MR) is 102 cm³/mol. The first-order chi connectivity index (χ1) is 11.1. The summed E-state index contributed by atoms with van der Waals surface area (Å²) in [6, 6.07) is 10.4. The van der Waals surface area contributed by atoms with Crippen molar-refractivity contribution >= 4 is 34.2 Å². The molecule has 6 heteroatoms. The standard InChI is InChI=1S/C17H25N3OS2/c1-19(2)15(14-8-4-3-5-9-14)12-18-16(21)13-23-17(22)20-10-6-7-11-20/h3-5,8-9,15H,6-7,10-13H2,1-2H3,(H,18,21)/t15-/m0/s1. The van der Waals surface area contributed by atoms with Crippen LogP contribution in [0.5, 0.6) is 0 Å². The Morgan fingerprint density at radius 3 is 2.57 bits per heavy atom. The van der Waals surface area contributed by atoms with Crippen LogP contribution in [-0.2, 0) is 4.79 Å². The molecule has 0 aliphatic carbocycles. The SMILES string of the molecule is CN(C)[C@@H](CNC(=O)CSC(=S)N1CCCC1)c1ccccc1. The zero-order valence-corrected chi connectivity index (χ0v) is 15.5. The second-order valence-electron chi connectivity index (χ2n) is 5.94. The first-order valence-electron chi connectivity index (χ1n) is 7.97. The molecule has 0 bridgehead atoms. The number of likely N-dealkylation sites (tertiary alicyclic amines) is 1. The van der Waals surface area contributed by atoms with Gasteiger partial charge in [0.1, 0.15) is 4.32 Å². The molecule has 1 N–H and O–H groups in total. The summed E-state index contributed by atoms with van der Waals surface area (Å²) in [5.74, 6) is 0.434. The van der Waals surface area contributed by atoms with E-state index < -0.39 is 0 Å². The minimum atomic E-state index is 0.0410. The van der Waals surface area contributed by atoms with Gasteiger partial charge in [0.25, 0.3) is 0 Å². The molecule has 1 aromatic rings. The Labute approximate surface area is 148 Å². The Bertz CT molecular complexity index is 516. The lowest BCUT2D eigenvalue weighted by atomic mass is 10.1. The Hall–Kier alpha value is -1.11. The Kier molecular flexibility index (Phi) is 7.33. The lowest BCUT2D eigenvalue weighted by molar-refractivity contribution is -0.118. The molecule has 1 atom stereocenters. The van der Waals surface area contributed by atoms with Crippen LogP contribution in [0, 0.1) is 0 Å². The first-order valence-corrected chi connectivity index (χ1v) is 9.37. The highest BCUT2D eigenvalue weighted by Crippen LogP contribution is 2.18. The minimum absolute atomic E-state index is 0.0410. The molecule has 23 heavy (non-hydrogen) atoms. The molecule has 0 unspecified atom stereocenters. The van der Waals surface area contributed by atoms with E-state index in [1.165, 1.54) is 30.2 Å². The fourth-order valence-corrected chi connectivity index (χ4v) is 3.73. The molecule has 1 fully saturated rings. The number of nitrogens with zero attached hydrogens (tertiary/aromatic N) is 2. The van der Waals surface area contributed by atoms with Crippen molar-refractivity contribution in [3.63, 3.8) is 0 Å². The van der Waals surface area contributed by atoms with E-state index >= 15 is 0 Å². The smallest absolute Gasteiger partial charge is 0.230 e. The number of carbonyl (C=O) groups excluding carboxylic acids is 1. The molecule has 1 aliphatic rings. The van der Waals surface area contributed by atoms with Crippen molar-refractivity contribution in [2.75, 3.05) is 39.5 Å². The van der Waals surface area contributed by atoms with Gasteiger partial charge >= 0.3 is 0 Å². The van der Waals surface area contributed by atoms with Gasteiger partial charge in [0.15, 0.2) is 0 Å². The highest BCUT2D eigenvalue weighted by atomic mass is 32.2. The van der Waals surface area contributed by atoms with E-state index in [9.17, 15) is 4.79 Å². The van der Waals surface area contributed by atoms with Crippen LogP contribution in [0.15, 0.2) is 30.3 Å². The van der Waals surface area contributed by atoms with Crippen molar-refractivity contribution in [1.29, 1.82) is 0 Å². The van der Waals surface area contributed by atoms with Gasteiger partial charge in [0, 0.05) is 19.6 Å². The summed E-state index contributed by atoms with van der Waals surface area (Å²) in [7, 11) is 4.06. The average molecular weight is 352 g/mol. The summed E-state index contributed by atoms with van der Waals surface area (Å²) in [6.45, 7) is 2.67. The van der Waals surface area contributed by atoms with Crippen LogP contribution in [0.1, 0.15) is 24.4 Å². The van der Waals surface area contributed by atoms with Crippen molar-refractivity contribution in [3.05, 3.63) is 35.9 Å². The highest BCUT2D eigenvalue weighted by Gasteiger charge is 2.18. The molecular formula is C17H25N3OS2. The molecule has 1 aliphatic heterocycles. The van der Waals surface area contributed by atoms with Crippen LogP contribution in [0.2, 0.25) is 0 Å². The summed E-state index contributed by atoms with van der Waals surface area (Å²) in [6.07, 6.45) is 2.41. The van der Waals surface area contributed by atoms with E-state index in [2.05, 4.69) is 27.2 Å². The second-order valence-corrected chi connectivity index (χ2v) is 7.55. The Morgan fingerprint density at radius 1 is 1.30 bits per heavy atom. The fraction of sp³-hybridized carbons (Fsp3) is 0.529. The largest absolute Gasteiger partial charge is 0.358 e. The molecule has 1 aromatic carbocycles. The number of hydrogen-bond acceptors (Lipinski definition) is 4. The van der Waals surface area contributed by atoms with Gasteiger partial charge in [-0.15, -0.1) is 0 Å². The van der Waals surface area contributed by atoms with Crippen molar-refractivity contribution in [2.24, 2.45) is 0 Å². The van der Waals surface area contributed by atoms with Crippen LogP contribution >= 0.6 is 24.0 Å². The second kappa shape index (κ2) is 9.25. The molecule has 4 nitrogen and oxygen atoms in total. The van der Waals surface area contributed by atoms with Gasteiger partial charge in [-0.1, -0.05) is 54.3 Å². The van der Waals surface area contributed by atoms with E-state index in [0.29, 0.717) is 12.3 Å². The number of rotatable bonds is 6. The van der Waals surface area contributed by atoms with E-state index in [-0.39, 0.29) is 11.9 Å². The minimum Gasteiger partial charge on any atom is -0.358 e. The molecule has 0 aromatic heterocycles. The molecule has 1 saturated heterocycles. The quantitative estimate of drug-likeness (QED) is 0.797. The number of hydrogen-bond donors (Lipinski definition) is 1. The van der Waals surface area contributed by atoms with Gasteiger partial charge in [-0.05, 0) is 32.5 Å². The summed E-state index contributed by atoms with van der Waals surface area (Å²) in [4.78, 5) is 16.4. The number of thiocarbonyl (C=S) groups is 1. The van der Waals surface area contributed by atoms with E-state index in [0.717, 1.165) is 17.4 Å². The van der Waals surface area contributed by atoms with Gasteiger partial charge in [-0.2, -0.15) is 0 Å². The molecule has 0 radical (unpaired) electrons. The maximum absolute atomic E-state index is 12.1. The number of likely N-dealkylation sites (N-methyl/N-ethyl adjacent to an activating group) is 1. The third kappa shape index (κ3) is 5.79. The van der Waals surface area contributed by atoms with Crippen LogP contribution in [0.25, 0.3) is 0 Å². The van der Waals surface area contributed by atoms with Crippen molar-refractivity contribution < 1.29 is 4.79 Å². The van der Waals surface area contributed by atoms with Crippen LogP contribution in [0.4, 0.5) is 0 Å². The summed E-state index contributed by atoms with van der Waals surface area (Å²) >= 11 is 6.86. The summed E-state index contributed by atoms with van der Waals surface area (Å²) < 4.78 is 0.852. The number of nitrogens with one attached hydrogen (secondary N) is 1. The van der Waals surface area contributed by atoms with E-state index in [1.54, 1.807) is 0 Å². The van der Waals surface area contributed by atoms with Gasteiger partial charge in [-0.3, -0.25) is 4.79 Å². The Morgan fingerprint density at radius 2 is 1.96 bits per heavy atom. The molecule has 1 amide bonds. The zero-order chi connectivity index (χ0) is 16.7. The molecule has 126 valence electrons. The number of carbonyl (C=O) groups is 1. The van der Waals surface area contributed by atoms with Gasteiger partial charge in [0.05, 0.1) is 11.8 Å². The van der Waals surface area contributed by atoms with Crippen LogP contribution in [-0.4, -0.2) is 59.5 Å². The average Bonchev–Trinajstić information content (AvgIpc) is 3.08.